The van der Waals surface area contributed by atoms with Crippen molar-refractivity contribution >= 4 is 15.9 Å². The molecular formula is C14H23N3O3S. The van der Waals surface area contributed by atoms with Crippen molar-refractivity contribution in [2.24, 2.45) is 0 Å². The van der Waals surface area contributed by atoms with Crippen LogP contribution in [0, 0.1) is 0 Å². The lowest BCUT2D eigenvalue weighted by Crippen LogP contribution is -2.41. The van der Waals surface area contributed by atoms with Crippen molar-refractivity contribution in [2.45, 2.75) is 26.3 Å². The van der Waals surface area contributed by atoms with Crippen molar-refractivity contribution in [3.05, 3.63) is 30.1 Å². The molecule has 1 N–H and O–H groups in total. The number of hydrogen-bond acceptors (Lipinski definition) is 4. The summed E-state index contributed by atoms with van der Waals surface area (Å²) in [7, 11) is -3.07. The van der Waals surface area contributed by atoms with E-state index in [4.69, 9.17) is 0 Å². The van der Waals surface area contributed by atoms with E-state index in [1.54, 1.807) is 11.1 Å². The van der Waals surface area contributed by atoms with Gasteiger partial charge in [-0.3, -0.25) is 4.98 Å². The summed E-state index contributed by atoms with van der Waals surface area (Å²) in [5.41, 5.74) is 0.812. The molecule has 0 aromatic carbocycles. The third kappa shape index (κ3) is 7.65. The first-order valence-corrected chi connectivity index (χ1v) is 9.09. The fraction of sp³-hybridized carbons (Fsp3) is 0.571. The Kier molecular flexibility index (Phi) is 7.14. The third-order valence-electron chi connectivity index (χ3n) is 2.90. The lowest BCUT2D eigenvalue weighted by molar-refractivity contribution is 0.194. The fourth-order valence-corrected chi connectivity index (χ4v) is 2.22. The minimum Gasteiger partial charge on any atom is -0.337 e. The van der Waals surface area contributed by atoms with Gasteiger partial charge in [0.25, 0.3) is 0 Å². The molecule has 0 radical (unpaired) electrons. The van der Waals surface area contributed by atoms with Gasteiger partial charge in [-0.2, -0.15) is 0 Å². The monoisotopic (exact) mass is 313 g/mol. The molecule has 1 heterocycles. The lowest BCUT2D eigenvalue weighted by atomic mass is 10.3. The summed E-state index contributed by atoms with van der Waals surface area (Å²) in [5, 5.41) is 2.65. The number of pyridine rings is 1. The van der Waals surface area contributed by atoms with Gasteiger partial charge in [0.15, 0.2) is 0 Å². The van der Waals surface area contributed by atoms with Crippen LogP contribution in [0.2, 0.25) is 0 Å². The molecule has 0 aliphatic carbocycles. The van der Waals surface area contributed by atoms with Crippen molar-refractivity contribution in [1.82, 2.24) is 15.2 Å². The molecule has 0 aliphatic heterocycles. The molecule has 21 heavy (non-hydrogen) atoms. The molecule has 1 aromatic heterocycles. The van der Waals surface area contributed by atoms with E-state index in [2.05, 4.69) is 17.2 Å². The van der Waals surface area contributed by atoms with E-state index in [0.717, 1.165) is 24.8 Å². The molecule has 0 bridgehead atoms. The fourth-order valence-electron chi connectivity index (χ4n) is 1.74. The summed E-state index contributed by atoms with van der Waals surface area (Å²) in [6, 6.07) is 5.31. The van der Waals surface area contributed by atoms with Gasteiger partial charge in [-0.15, -0.1) is 0 Å². The smallest absolute Gasteiger partial charge is 0.317 e. The van der Waals surface area contributed by atoms with Crippen LogP contribution in [0.15, 0.2) is 24.4 Å². The summed E-state index contributed by atoms with van der Waals surface area (Å²) < 4.78 is 22.1. The number of carbonyl (C=O) groups excluding carboxylic acids is 1. The Hall–Kier alpha value is -1.63. The maximum atomic E-state index is 12.1. The Morgan fingerprint density at radius 1 is 1.38 bits per heavy atom. The van der Waals surface area contributed by atoms with Crippen LogP contribution in [0.25, 0.3) is 0 Å². The number of carbonyl (C=O) groups is 1. The molecule has 0 fully saturated rings. The van der Waals surface area contributed by atoms with Crippen LogP contribution in [-0.4, -0.2) is 49.4 Å². The summed E-state index contributed by atoms with van der Waals surface area (Å²) in [5.74, 6) is -0.0516. The highest BCUT2D eigenvalue weighted by atomic mass is 32.2. The van der Waals surface area contributed by atoms with Crippen LogP contribution in [0.4, 0.5) is 4.79 Å². The molecule has 0 atom stereocenters. The van der Waals surface area contributed by atoms with Gasteiger partial charge in [0.1, 0.15) is 9.84 Å². The van der Waals surface area contributed by atoms with Gasteiger partial charge >= 0.3 is 6.03 Å². The second kappa shape index (κ2) is 8.61. The van der Waals surface area contributed by atoms with Crippen molar-refractivity contribution in [1.29, 1.82) is 0 Å². The summed E-state index contributed by atoms with van der Waals surface area (Å²) in [4.78, 5) is 18.0. The van der Waals surface area contributed by atoms with Gasteiger partial charge in [0, 0.05) is 25.5 Å². The number of aromatic nitrogens is 1. The van der Waals surface area contributed by atoms with E-state index < -0.39 is 9.84 Å². The topological polar surface area (TPSA) is 79.4 Å². The molecule has 6 nitrogen and oxygen atoms in total. The Balaban J connectivity index is 2.57. The maximum absolute atomic E-state index is 12.1. The third-order valence-corrected chi connectivity index (χ3v) is 3.84. The van der Waals surface area contributed by atoms with Crippen LogP contribution in [-0.2, 0) is 16.4 Å². The molecule has 0 aliphatic rings. The molecule has 0 spiro atoms. The second-order valence-corrected chi connectivity index (χ2v) is 7.22. The van der Waals surface area contributed by atoms with Crippen molar-refractivity contribution < 1.29 is 13.2 Å². The van der Waals surface area contributed by atoms with Crippen LogP contribution in [0.5, 0.6) is 0 Å². The molecule has 1 rings (SSSR count). The quantitative estimate of drug-likeness (QED) is 0.787. The minimum atomic E-state index is -3.07. The number of sulfone groups is 1. The first kappa shape index (κ1) is 17.4. The average molecular weight is 313 g/mol. The predicted molar refractivity (Wildman–Crippen MR) is 82.7 cm³/mol. The molecule has 1 aromatic rings. The molecular weight excluding hydrogens is 290 g/mol. The maximum Gasteiger partial charge on any atom is 0.317 e. The van der Waals surface area contributed by atoms with E-state index >= 15 is 0 Å². The van der Waals surface area contributed by atoms with Gasteiger partial charge in [-0.05, 0) is 18.6 Å². The number of nitrogens with one attached hydrogen (secondary N) is 1. The summed E-state index contributed by atoms with van der Waals surface area (Å²) in [6.07, 6.45) is 4.72. The molecule has 0 unspecified atom stereocenters. The molecule has 0 saturated heterocycles. The average Bonchev–Trinajstić information content (AvgIpc) is 2.43. The zero-order valence-electron chi connectivity index (χ0n) is 12.6. The first-order chi connectivity index (χ1) is 9.92. The van der Waals surface area contributed by atoms with Crippen molar-refractivity contribution in [2.75, 3.05) is 25.1 Å². The van der Waals surface area contributed by atoms with E-state index in [0.29, 0.717) is 13.1 Å². The SMILES string of the molecule is CCCCN(Cc1ccccn1)C(=O)NCCS(C)(=O)=O. The largest absolute Gasteiger partial charge is 0.337 e. The standard InChI is InChI=1S/C14H23N3O3S/c1-3-4-10-17(12-13-7-5-6-8-15-13)14(18)16-9-11-21(2,19)20/h5-8H,3-4,9-12H2,1-2H3,(H,16,18). The Labute approximate surface area is 126 Å². The number of urea groups is 1. The highest BCUT2D eigenvalue weighted by Gasteiger charge is 2.14. The highest BCUT2D eigenvalue weighted by molar-refractivity contribution is 7.90. The van der Waals surface area contributed by atoms with E-state index in [1.807, 2.05) is 18.2 Å². The number of unbranched alkanes of at least 4 members (excludes halogenated alkanes) is 1. The lowest BCUT2D eigenvalue weighted by Gasteiger charge is -2.22. The minimum absolute atomic E-state index is 0.0516. The van der Waals surface area contributed by atoms with Crippen LogP contribution < -0.4 is 5.32 Å². The van der Waals surface area contributed by atoms with E-state index in [9.17, 15) is 13.2 Å². The number of rotatable bonds is 8. The van der Waals surface area contributed by atoms with Gasteiger partial charge < -0.3 is 10.2 Å². The highest BCUT2D eigenvalue weighted by Crippen LogP contribution is 2.04. The first-order valence-electron chi connectivity index (χ1n) is 7.03. The summed E-state index contributed by atoms with van der Waals surface area (Å²) >= 11 is 0. The Bertz CT molecular complexity index is 532. The second-order valence-electron chi connectivity index (χ2n) is 4.96. The van der Waals surface area contributed by atoms with Crippen LogP contribution >= 0.6 is 0 Å². The van der Waals surface area contributed by atoms with Crippen molar-refractivity contribution in [3.8, 4) is 0 Å². The van der Waals surface area contributed by atoms with Gasteiger partial charge in [0.2, 0.25) is 0 Å². The van der Waals surface area contributed by atoms with E-state index in [-0.39, 0.29) is 18.3 Å². The zero-order valence-corrected chi connectivity index (χ0v) is 13.4. The Morgan fingerprint density at radius 2 is 2.14 bits per heavy atom. The zero-order chi connectivity index (χ0) is 15.7. The molecule has 118 valence electrons. The number of nitrogens with zero attached hydrogens (tertiary/aromatic N) is 2. The van der Waals surface area contributed by atoms with Crippen LogP contribution in [0.3, 0.4) is 0 Å². The molecule has 0 saturated carbocycles. The predicted octanol–water partition coefficient (Wildman–Crippen LogP) is 1.44. The molecule has 7 heteroatoms. The van der Waals surface area contributed by atoms with Crippen LogP contribution in [0.1, 0.15) is 25.5 Å². The van der Waals surface area contributed by atoms with Crippen molar-refractivity contribution in [3.63, 3.8) is 0 Å². The molecule has 2 amide bonds. The number of amides is 2. The number of hydrogen-bond donors (Lipinski definition) is 1. The van der Waals surface area contributed by atoms with E-state index in [1.165, 1.54) is 0 Å². The van der Waals surface area contributed by atoms with Gasteiger partial charge in [-0.1, -0.05) is 19.4 Å². The normalized spacial score (nSPS) is 11.1. The van der Waals surface area contributed by atoms with Gasteiger partial charge in [-0.25, -0.2) is 13.2 Å². The van der Waals surface area contributed by atoms with Gasteiger partial charge in [0.05, 0.1) is 18.0 Å². The Morgan fingerprint density at radius 3 is 2.71 bits per heavy atom. The summed E-state index contributed by atoms with van der Waals surface area (Å²) in [6.45, 7) is 3.23.